The minimum absolute atomic E-state index is 0.0122. The van der Waals surface area contributed by atoms with Crippen LogP contribution in [0.3, 0.4) is 0 Å². The summed E-state index contributed by atoms with van der Waals surface area (Å²) in [6.07, 6.45) is 5.11. The maximum absolute atomic E-state index is 14.2. The predicted octanol–water partition coefficient (Wildman–Crippen LogP) is 2.52. The molecule has 4 rings (SSSR count). The SMILES string of the molecule is Cn1cnc(S(=O)(=O)NCCOc2ccc3c(c2)C(Cc2ccccc2F)C(N)CC3)c1. The smallest absolute Gasteiger partial charge is 0.259 e. The molecule has 1 heterocycles. The van der Waals surface area contributed by atoms with E-state index in [1.807, 2.05) is 24.3 Å². The summed E-state index contributed by atoms with van der Waals surface area (Å²) in [6, 6.07) is 12.6. The molecule has 0 saturated heterocycles. The van der Waals surface area contributed by atoms with E-state index in [9.17, 15) is 12.8 Å². The van der Waals surface area contributed by atoms with Crippen molar-refractivity contribution in [1.82, 2.24) is 14.3 Å². The Morgan fingerprint density at radius 3 is 2.84 bits per heavy atom. The molecule has 3 N–H and O–H groups in total. The predicted molar refractivity (Wildman–Crippen MR) is 119 cm³/mol. The van der Waals surface area contributed by atoms with Gasteiger partial charge in [0.2, 0.25) is 0 Å². The van der Waals surface area contributed by atoms with Gasteiger partial charge in [0.25, 0.3) is 10.0 Å². The van der Waals surface area contributed by atoms with Crippen molar-refractivity contribution in [3.05, 3.63) is 77.5 Å². The van der Waals surface area contributed by atoms with Gasteiger partial charge in [0.05, 0.1) is 6.33 Å². The lowest BCUT2D eigenvalue weighted by Crippen LogP contribution is -2.34. The summed E-state index contributed by atoms with van der Waals surface area (Å²) < 4.78 is 48.6. The van der Waals surface area contributed by atoms with Gasteiger partial charge in [-0.2, -0.15) is 0 Å². The lowest BCUT2D eigenvalue weighted by Gasteiger charge is -2.32. The number of imidazole rings is 1. The Kier molecular flexibility index (Phi) is 6.59. The molecule has 170 valence electrons. The molecule has 0 aliphatic heterocycles. The molecule has 0 saturated carbocycles. The fourth-order valence-corrected chi connectivity index (χ4v) is 5.09. The third-order valence-electron chi connectivity index (χ3n) is 5.80. The van der Waals surface area contributed by atoms with Gasteiger partial charge in [-0.25, -0.2) is 22.5 Å². The molecule has 1 aliphatic rings. The molecule has 0 fully saturated rings. The first-order chi connectivity index (χ1) is 15.3. The van der Waals surface area contributed by atoms with Crippen LogP contribution in [0.4, 0.5) is 4.39 Å². The Morgan fingerprint density at radius 2 is 2.09 bits per heavy atom. The standard InChI is InChI=1S/C23H27FN4O3S/c1-28-14-23(26-15-28)32(29,30)27-10-11-31-18-8-6-16-7-9-22(25)20(19(16)13-18)12-17-4-2-3-5-21(17)24/h2-6,8,13-15,20,22,27H,7,9-12,25H2,1H3. The Morgan fingerprint density at radius 1 is 1.28 bits per heavy atom. The molecule has 2 aromatic carbocycles. The molecule has 1 aliphatic carbocycles. The lowest BCUT2D eigenvalue weighted by molar-refractivity contribution is 0.321. The van der Waals surface area contributed by atoms with E-state index < -0.39 is 10.0 Å². The summed E-state index contributed by atoms with van der Waals surface area (Å²) in [7, 11) is -1.97. The van der Waals surface area contributed by atoms with Crippen molar-refractivity contribution in [2.75, 3.05) is 13.2 Å². The van der Waals surface area contributed by atoms with Crippen LogP contribution in [0, 0.1) is 5.82 Å². The molecular formula is C23H27FN4O3S. The van der Waals surface area contributed by atoms with Gasteiger partial charge in [-0.3, -0.25) is 0 Å². The lowest BCUT2D eigenvalue weighted by atomic mass is 9.76. The van der Waals surface area contributed by atoms with Crippen LogP contribution in [0.2, 0.25) is 0 Å². The van der Waals surface area contributed by atoms with Gasteiger partial charge in [-0.05, 0) is 54.2 Å². The molecular weight excluding hydrogens is 431 g/mol. The van der Waals surface area contributed by atoms with Crippen LogP contribution in [0.25, 0.3) is 0 Å². The first-order valence-corrected chi connectivity index (χ1v) is 12.0. The highest BCUT2D eigenvalue weighted by Crippen LogP contribution is 2.36. The van der Waals surface area contributed by atoms with Gasteiger partial charge in [-0.1, -0.05) is 24.3 Å². The number of benzene rings is 2. The largest absolute Gasteiger partial charge is 0.492 e. The van der Waals surface area contributed by atoms with E-state index in [0.29, 0.717) is 17.7 Å². The van der Waals surface area contributed by atoms with E-state index in [1.165, 1.54) is 24.2 Å². The number of sulfonamides is 1. The second-order valence-corrected chi connectivity index (χ2v) is 9.80. The highest BCUT2D eigenvalue weighted by Gasteiger charge is 2.28. The van der Waals surface area contributed by atoms with Gasteiger partial charge in [0.15, 0.2) is 5.03 Å². The van der Waals surface area contributed by atoms with Crippen LogP contribution in [-0.2, 0) is 29.9 Å². The third-order valence-corrected chi connectivity index (χ3v) is 7.14. The van der Waals surface area contributed by atoms with Crippen LogP contribution < -0.4 is 15.2 Å². The van der Waals surface area contributed by atoms with Gasteiger partial charge in [0.1, 0.15) is 18.2 Å². The Hall–Kier alpha value is -2.75. The summed E-state index contributed by atoms with van der Waals surface area (Å²) in [4.78, 5) is 3.86. The highest BCUT2D eigenvalue weighted by atomic mass is 32.2. The maximum Gasteiger partial charge on any atom is 0.259 e. The fraction of sp³-hybridized carbons (Fsp3) is 0.348. The van der Waals surface area contributed by atoms with Crippen LogP contribution >= 0.6 is 0 Å². The number of halogens is 1. The molecule has 9 heteroatoms. The van der Waals surface area contributed by atoms with Gasteiger partial charge in [0, 0.05) is 31.7 Å². The number of nitrogens with two attached hydrogens (primary N) is 1. The number of fused-ring (bicyclic) bond motifs is 1. The fourth-order valence-electron chi connectivity index (χ4n) is 4.10. The number of aromatic nitrogens is 2. The zero-order chi connectivity index (χ0) is 22.7. The van der Waals surface area contributed by atoms with Gasteiger partial charge < -0.3 is 15.0 Å². The molecule has 7 nitrogen and oxygen atoms in total. The van der Waals surface area contributed by atoms with E-state index in [0.717, 1.165) is 18.4 Å². The minimum Gasteiger partial charge on any atom is -0.492 e. The van der Waals surface area contributed by atoms with Gasteiger partial charge in [-0.15, -0.1) is 0 Å². The Bertz CT molecular complexity index is 1200. The van der Waals surface area contributed by atoms with E-state index in [1.54, 1.807) is 23.7 Å². The Labute approximate surface area is 187 Å². The summed E-state index contributed by atoms with van der Waals surface area (Å²) >= 11 is 0. The summed E-state index contributed by atoms with van der Waals surface area (Å²) in [5.74, 6) is 0.398. The first kappa shape index (κ1) is 22.4. The number of rotatable bonds is 8. The normalized spacial score (nSPS) is 18.3. The second kappa shape index (κ2) is 9.40. The number of nitrogens with zero attached hydrogens (tertiary/aromatic N) is 2. The molecule has 0 radical (unpaired) electrons. The minimum atomic E-state index is -3.68. The quantitative estimate of drug-likeness (QED) is 0.506. The van der Waals surface area contributed by atoms with Crippen LogP contribution in [-0.4, -0.2) is 37.2 Å². The van der Waals surface area contributed by atoms with Crippen molar-refractivity contribution in [3.63, 3.8) is 0 Å². The number of hydrogen-bond acceptors (Lipinski definition) is 5. The molecule has 1 aromatic heterocycles. The van der Waals surface area contributed by atoms with Crippen molar-refractivity contribution >= 4 is 10.0 Å². The van der Waals surface area contributed by atoms with E-state index in [2.05, 4.69) is 9.71 Å². The van der Waals surface area contributed by atoms with E-state index in [4.69, 9.17) is 10.5 Å². The maximum atomic E-state index is 14.2. The van der Waals surface area contributed by atoms with E-state index in [-0.39, 0.29) is 36.0 Å². The third kappa shape index (κ3) is 5.01. The number of nitrogens with one attached hydrogen (secondary N) is 1. The van der Waals surface area contributed by atoms with Crippen LogP contribution in [0.15, 0.2) is 60.0 Å². The van der Waals surface area contributed by atoms with Crippen molar-refractivity contribution in [2.24, 2.45) is 12.8 Å². The zero-order valence-corrected chi connectivity index (χ0v) is 18.7. The van der Waals surface area contributed by atoms with Crippen LogP contribution in [0.1, 0.15) is 29.0 Å². The molecule has 2 unspecified atom stereocenters. The van der Waals surface area contributed by atoms with Crippen molar-refractivity contribution in [2.45, 2.75) is 36.2 Å². The van der Waals surface area contributed by atoms with Gasteiger partial charge >= 0.3 is 0 Å². The van der Waals surface area contributed by atoms with Crippen molar-refractivity contribution in [1.29, 1.82) is 0 Å². The van der Waals surface area contributed by atoms with E-state index >= 15 is 0 Å². The topological polar surface area (TPSA) is 99.2 Å². The molecule has 32 heavy (non-hydrogen) atoms. The molecule has 3 aromatic rings. The average Bonchev–Trinajstić information content (AvgIpc) is 3.22. The zero-order valence-electron chi connectivity index (χ0n) is 17.9. The first-order valence-electron chi connectivity index (χ1n) is 10.6. The highest BCUT2D eigenvalue weighted by molar-refractivity contribution is 7.89. The second-order valence-electron chi connectivity index (χ2n) is 8.09. The molecule has 0 amide bonds. The monoisotopic (exact) mass is 458 g/mol. The number of aryl methyl sites for hydroxylation is 2. The molecule has 0 spiro atoms. The molecule has 2 atom stereocenters. The Balaban J connectivity index is 1.42. The summed E-state index contributed by atoms with van der Waals surface area (Å²) in [5, 5.41) is -0.0289. The number of hydrogen-bond donors (Lipinski definition) is 2. The number of ether oxygens (including phenoxy) is 1. The van der Waals surface area contributed by atoms with Crippen LogP contribution in [0.5, 0.6) is 5.75 Å². The summed E-state index contributed by atoms with van der Waals surface area (Å²) in [5.41, 5.74) is 9.33. The summed E-state index contributed by atoms with van der Waals surface area (Å²) in [6.45, 7) is 0.267. The average molecular weight is 459 g/mol. The van der Waals surface area contributed by atoms with Crippen molar-refractivity contribution < 1.29 is 17.5 Å². The van der Waals surface area contributed by atoms with Crippen molar-refractivity contribution in [3.8, 4) is 5.75 Å². The molecule has 0 bridgehead atoms.